The summed E-state index contributed by atoms with van der Waals surface area (Å²) in [6.07, 6.45) is 0.496. The lowest BCUT2D eigenvalue weighted by atomic mass is 10.1. The fraction of sp³-hybridized carbons (Fsp3) is 0.364. The van der Waals surface area contributed by atoms with Crippen LogP contribution in [0, 0.1) is 6.92 Å². The van der Waals surface area contributed by atoms with Gasteiger partial charge in [0.2, 0.25) is 11.8 Å². The summed E-state index contributed by atoms with van der Waals surface area (Å²) in [5.74, 6) is 0.677. The second-order valence-corrected chi connectivity index (χ2v) is 8.54. The highest BCUT2D eigenvalue weighted by Gasteiger charge is 2.29. The summed E-state index contributed by atoms with van der Waals surface area (Å²) >= 11 is 14.2. The zero-order chi connectivity index (χ0) is 21.4. The van der Waals surface area contributed by atoms with E-state index in [2.05, 4.69) is 11.4 Å². The first kappa shape index (κ1) is 23.6. The highest BCUT2D eigenvalue weighted by atomic mass is 35.5. The van der Waals surface area contributed by atoms with Crippen LogP contribution in [0.2, 0.25) is 10.0 Å². The third-order valence-electron chi connectivity index (χ3n) is 4.60. The average molecular weight is 453 g/mol. The normalized spacial score (nSPS) is 11.8. The first-order valence-electron chi connectivity index (χ1n) is 9.44. The van der Waals surface area contributed by atoms with Gasteiger partial charge in [-0.15, -0.1) is 11.8 Å². The molecule has 156 valence electrons. The fourth-order valence-electron chi connectivity index (χ4n) is 3.08. The number of amides is 2. The Morgan fingerprint density at radius 3 is 2.38 bits per heavy atom. The average Bonchev–Trinajstić information content (AvgIpc) is 2.69. The summed E-state index contributed by atoms with van der Waals surface area (Å²) in [5.41, 5.74) is 3.01. The molecule has 1 atom stereocenters. The molecule has 0 heterocycles. The van der Waals surface area contributed by atoms with Crippen LogP contribution in [-0.4, -0.2) is 35.6 Å². The lowest BCUT2D eigenvalue weighted by molar-refractivity contribution is -0.139. The van der Waals surface area contributed by atoms with Crippen LogP contribution < -0.4 is 5.32 Å². The van der Waals surface area contributed by atoms with Crippen molar-refractivity contribution < 1.29 is 9.59 Å². The number of benzene rings is 2. The molecular weight excluding hydrogens is 427 g/mol. The molecule has 0 aliphatic carbocycles. The van der Waals surface area contributed by atoms with Gasteiger partial charge in [0.1, 0.15) is 6.04 Å². The van der Waals surface area contributed by atoms with E-state index < -0.39 is 6.04 Å². The molecule has 2 amide bonds. The van der Waals surface area contributed by atoms with E-state index in [1.165, 1.54) is 22.9 Å². The van der Waals surface area contributed by atoms with E-state index in [-0.39, 0.29) is 24.1 Å². The second kappa shape index (κ2) is 11.5. The molecule has 0 aromatic heterocycles. The van der Waals surface area contributed by atoms with Crippen LogP contribution in [0.25, 0.3) is 0 Å². The molecule has 0 unspecified atom stereocenters. The topological polar surface area (TPSA) is 49.4 Å². The number of aryl methyl sites for hydroxylation is 1. The molecule has 1 N–H and O–H groups in total. The molecule has 0 spiro atoms. The fourth-order valence-corrected chi connectivity index (χ4v) is 4.46. The van der Waals surface area contributed by atoms with Gasteiger partial charge in [-0.1, -0.05) is 66.0 Å². The van der Waals surface area contributed by atoms with Crippen molar-refractivity contribution in [2.24, 2.45) is 0 Å². The molecule has 0 aliphatic heterocycles. The largest absolute Gasteiger partial charge is 0.357 e. The number of nitrogens with one attached hydrogen (secondary N) is 1. The quantitative estimate of drug-likeness (QED) is 0.576. The maximum absolute atomic E-state index is 13.1. The monoisotopic (exact) mass is 452 g/mol. The molecule has 0 saturated heterocycles. The predicted molar refractivity (Wildman–Crippen MR) is 122 cm³/mol. The molecule has 2 rings (SSSR count). The lowest BCUT2D eigenvalue weighted by Crippen LogP contribution is -2.48. The van der Waals surface area contributed by atoms with E-state index in [1.54, 1.807) is 30.1 Å². The zero-order valence-electron chi connectivity index (χ0n) is 16.9. The summed E-state index contributed by atoms with van der Waals surface area (Å²) in [7, 11) is 1.57. The summed E-state index contributed by atoms with van der Waals surface area (Å²) < 4.78 is 0. The molecule has 0 fully saturated rings. The standard InChI is InChI=1S/C22H26Cl2N2O2S/c1-4-20(22(28)25-3)26(12-17-18(23)9-6-10-19(17)24)21(27)14-29-13-16-8-5-7-15(2)11-16/h5-11,20H,4,12-14H2,1-3H3,(H,25,28)/t20-/m0/s1. The minimum absolute atomic E-state index is 0.117. The van der Waals surface area contributed by atoms with Gasteiger partial charge in [0.15, 0.2) is 0 Å². The van der Waals surface area contributed by atoms with Crippen LogP contribution in [0.15, 0.2) is 42.5 Å². The van der Waals surface area contributed by atoms with Crippen molar-refractivity contribution in [1.82, 2.24) is 10.2 Å². The predicted octanol–water partition coefficient (Wildman–Crippen LogP) is 5.09. The van der Waals surface area contributed by atoms with Crippen molar-refractivity contribution in [3.8, 4) is 0 Å². The molecule has 2 aromatic rings. The third-order valence-corrected chi connectivity index (χ3v) is 6.30. The van der Waals surface area contributed by atoms with Crippen LogP contribution in [0.5, 0.6) is 0 Å². The van der Waals surface area contributed by atoms with Gasteiger partial charge in [-0.05, 0) is 31.0 Å². The summed E-state index contributed by atoms with van der Waals surface area (Å²) in [6.45, 7) is 4.12. The number of rotatable bonds is 9. The number of hydrogen-bond donors (Lipinski definition) is 1. The first-order valence-corrected chi connectivity index (χ1v) is 11.4. The molecule has 7 heteroatoms. The SMILES string of the molecule is CC[C@@H](C(=O)NC)N(Cc1c(Cl)cccc1Cl)C(=O)CSCc1cccc(C)c1. The first-order chi connectivity index (χ1) is 13.9. The Hall–Kier alpha value is -1.69. The summed E-state index contributed by atoms with van der Waals surface area (Å²) in [6, 6.07) is 12.9. The minimum atomic E-state index is -0.584. The number of halogens is 2. The second-order valence-electron chi connectivity index (χ2n) is 6.74. The van der Waals surface area contributed by atoms with Crippen molar-refractivity contribution in [3.63, 3.8) is 0 Å². The Bertz CT molecular complexity index is 840. The molecule has 0 saturated carbocycles. The van der Waals surface area contributed by atoms with E-state index in [9.17, 15) is 9.59 Å². The van der Waals surface area contributed by atoms with Crippen molar-refractivity contribution >= 4 is 46.8 Å². The Morgan fingerprint density at radius 1 is 1.14 bits per heavy atom. The Balaban J connectivity index is 2.17. The van der Waals surface area contributed by atoms with Crippen molar-refractivity contribution in [2.75, 3.05) is 12.8 Å². The highest BCUT2D eigenvalue weighted by molar-refractivity contribution is 7.99. The number of thioether (sulfide) groups is 1. The van der Waals surface area contributed by atoms with E-state index in [4.69, 9.17) is 23.2 Å². The molecule has 0 radical (unpaired) electrons. The van der Waals surface area contributed by atoms with Gasteiger partial charge in [0, 0.05) is 35.0 Å². The molecule has 2 aromatic carbocycles. The van der Waals surface area contributed by atoms with Gasteiger partial charge in [-0.3, -0.25) is 9.59 Å². The van der Waals surface area contributed by atoms with E-state index in [0.717, 1.165) is 5.75 Å². The third kappa shape index (κ3) is 6.66. The van der Waals surface area contributed by atoms with E-state index in [1.807, 2.05) is 32.0 Å². The number of hydrogen-bond acceptors (Lipinski definition) is 3. The Labute approximate surface area is 187 Å². The van der Waals surface area contributed by atoms with Crippen LogP contribution in [0.3, 0.4) is 0 Å². The van der Waals surface area contributed by atoms with Gasteiger partial charge < -0.3 is 10.2 Å². The maximum Gasteiger partial charge on any atom is 0.242 e. The van der Waals surface area contributed by atoms with Crippen LogP contribution in [-0.2, 0) is 21.9 Å². The van der Waals surface area contributed by atoms with E-state index in [0.29, 0.717) is 22.0 Å². The minimum Gasteiger partial charge on any atom is -0.357 e. The molecular formula is C22H26Cl2N2O2S. The number of carbonyl (C=O) groups is 2. The van der Waals surface area contributed by atoms with Gasteiger partial charge in [0.25, 0.3) is 0 Å². The molecule has 4 nitrogen and oxygen atoms in total. The van der Waals surface area contributed by atoms with Crippen molar-refractivity contribution in [1.29, 1.82) is 0 Å². The Kier molecular flexibility index (Phi) is 9.34. The smallest absolute Gasteiger partial charge is 0.242 e. The molecule has 29 heavy (non-hydrogen) atoms. The molecule has 0 bridgehead atoms. The Morgan fingerprint density at radius 2 is 1.79 bits per heavy atom. The van der Waals surface area contributed by atoms with Gasteiger partial charge in [-0.2, -0.15) is 0 Å². The maximum atomic E-state index is 13.1. The van der Waals surface area contributed by atoms with Crippen LogP contribution in [0.4, 0.5) is 0 Å². The zero-order valence-corrected chi connectivity index (χ0v) is 19.2. The van der Waals surface area contributed by atoms with Crippen molar-refractivity contribution in [3.05, 3.63) is 69.2 Å². The van der Waals surface area contributed by atoms with Gasteiger partial charge in [-0.25, -0.2) is 0 Å². The van der Waals surface area contributed by atoms with Crippen molar-refractivity contribution in [2.45, 2.75) is 38.6 Å². The number of nitrogens with zero attached hydrogens (tertiary/aromatic N) is 1. The highest BCUT2D eigenvalue weighted by Crippen LogP contribution is 2.27. The lowest BCUT2D eigenvalue weighted by Gasteiger charge is -2.30. The van der Waals surface area contributed by atoms with E-state index >= 15 is 0 Å². The van der Waals surface area contributed by atoms with Gasteiger partial charge >= 0.3 is 0 Å². The molecule has 0 aliphatic rings. The van der Waals surface area contributed by atoms with Crippen LogP contribution in [0.1, 0.15) is 30.0 Å². The number of carbonyl (C=O) groups excluding carboxylic acids is 2. The summed E-state index contributed by atoms with van der Waals surface area (Å²) in [5, 5.41) is 3.61. The summed E-state index contributed by atoms with van der Waals surface area (Å²) in [4.78, 5) is 27.1. The van der Waals surface area contributed by atoms with Crippen LogP contribution >= 0.6 is 35.0 Å². The van der Waals surface area contributed by atoms with Gasteiger partial charge in [0.05, 0.1) is 5.75 Å². The number of likely N-dealkylation sites (N-methyl/N-ethyl adjacent to an activating group) is 1.